The van der Waals surface area contributed by atoms with E-state index in [1.165, 1.54) is 19.1 Å². The molecular weight excluding hydrogens is 126 g/mol. The highest BCUT2D eigenvalue weighted by Gasteiger charge is 1.76. The zero-order chi connectivity index (χ0) is 6.57. The summed E-state index contributed by atoms with van der Waals surface area (Å²) in [5, 5.41) is 8.67. The molecule has 0 heterocycles. The molecule has 0 aromatic carbocycles. The Bertz CT molecular complexity index is 104. The van der Waals surface area contributed by atoms with E-state index in [1.54, 1.807) is 0 Å². The van der Waals surface area contributed by atoms with Gasteiger partial charge in [-0.25, -0.2) is 0 Å². The molecule has 0 radical (unpaired) electrons. The molecule has 0 atom stereocenters. The van der Waals surface area contributed by atoms with E-state index in [2.05, 4.69) is 0 Å². The van der Waals surface area contributed by atoms with Crippen LogP contribution in [0.3, 0.4) is 0 Å². The summed E-state index contributed by atoms with van der Waals surface area (Å²) in [5.41, 5.74) is 5.01. The van der Waals surface area contributed by atoms with Gasteiger partial charge in [-0.3, -0.25) is 0 Å². The molecule has 0 rings (SSSR count). The zero-order valence-electron chi connectivity index (χ0n) is 4.56. The average molecular weight is 134 g/mol. The van der Waals surface area contributed by atoms with E-state index >= 15 is 0 Å². The smallest absolute Gasteiger partial charge is 0.0993 e. The molecule has 3 N–H and O–H groups in total. The first-order chi connectivity index (χ1) is 3.63. The normalized spacial score (nSPS) is 14.2. The summed E-state index contributed by atoms with van der Waals surface area (Å²) in [5.74, 6) is 0.189. The molecule has 0 unspecified atom stereocenters. The molecule has 2 nitrogen and oxygen atoms in total. The van der Waals surface area contributed by atoms with E-state index in [4.69, 9.17) is 22.4 Å². The number of halogens is 1. The highest BCUT2D eigenvalue weighted by atomic mass is 35.5. The molecule has 3 heteroatoms. The first-order valence-electron chi connectivity index (χ1n) is 2.11. The number of rotatable bonds is 1. The zero-order valence-corrected chi connectivity index (χ0v) is 5.31. The molecule has 0 amide bonds. The Morgan fingerprint density at radius 2 is 2.12 bits per heavy atom. The largest absolute Gasteiger partial charge is 0.513 e. The lowest BCUT2D eigenvalue weighted by molar-refractivity contribution is 0.414. The Hall–Kier alpha value is -0.630. The molecule has 0 saturated carbocycles. The summed E-state index contributed by atoms with van der Waals surface area (Å²) in [7, 11) is 0. The van der Waals surface area contributed by atoms with Crippen LogP contribution in [0, 0.1) is 0 Å². The van der Waals surface area contributed by atoms with E-state index in [0.717, 1.165) is 0 Å². The van der Waals surface area contributed by atoms with Crippen molar-refractivity contribution < 1.29 is 5.11 Å². The van der Waals surface area contributed by atoms with Crippen LogP contribution in [0.5, 0.6) is 0 Å². The van der Waals surface area contributed by atoms with Gasteiger partial charge in [0.05, 0.1) is 10.9 Å². The minimum Gasteiger partial charge on any atom is -0.513 e. The molecule has 0 aliphatic heterocycles. The lowest BCUT2D eigenvalue weighted by Gasteiger charge is -1.82. The Balaban J connectivity index is 3.76. The highest BCUT2D eigenvalue weighted by Crippen LogP contribution is 1.92. The third-order valence-corrected chi connectivity index (χ3v) is 0.610. The third kappa shape index (κ3) is 5.37. The van der Waals surface area contributed by atoms with Crippen molar-refractivity contribution in [2.24, 2.45) is 5.73 Å². The van der Waals surface area contributed by atoms with Crippen LogP contribution < -0.4 is 5.73 Å². The van der Waals surface area contributed by atoms with Gasteiger partial charge in [0, 0.05) is 0 Å². The van der Waals surface area contributed by atoms with Gasteiger partial charge in [0.1, 0.15) is 0 Å². The van der Waals surface area contributed by atoms with Gasteiger partial charge in [0.25, 0.3) is 0 Å². The fraction of sp³-hybridized carbons (Fsp3) is 0.200. The van der Waals surface area contributed by atoms with Gasteiger partial charge in [0.15, 0.2) is 0 Å². The molecule has 0 saturated heterocycles. The quantitative estimate of drug-likeness (QED) is 0.323. The molecule has 0 aromatic rings. The predicted octanol–water partition coefficient (Wildman–Crippen LogP) is 1.49. The van der Waals surface area contributed by atoms with Crippen LogP contribution in [0.1, 0.15) is 6.92 Å². The second-order valence-corrected chi connectivity index (χ2v) is 1.80. The fourth-order valence-electron chi connectivity index (χ4n) is 0.200. The fourth-order valence-corrected chi connectivity index (χ4v) is 0.263. The van der Waals surface area contributed by atoms with Gasteiger partial charge in [-0.05, 0) is 19.1 Å². The molecule has 0 aliphatic carbocycles. The van der Waals surface area contributed by atoms with E-state index in [9.17, 15) is 0 Å². The summed E-state index contributed by atoms with van der Waals surface area (Å²) < 4.78 is 0. The lowest BCUT2D eigenvalue weighted by Crippen LogP contribution is -1.84. The summed E-state index contributed by atoms with van der Waals surface area (Å²) in [6.45, 7) is 1.54. The van der Waals surface area contributed by atoms with Gasteiger partial charge in [0.2, 0.25) is 0 Å². The maximum atomic E-state index is 8.50. The van der Waals surface area contributed by atoms with Gasteiger partial charge in [-0.1, -0.05) is 11.6 Å². The minimum absolute atomic E-state index is 0.165. The standard InChI is InChI=1S/C5H8ClNO/c1-4(8)2-3-5(6)7/h2-3,8H,7H2,1H3/b4-2+,5-3-. The number of allylic oxidation sites excluding steroid dienone is 3. The summed E-state index contributed by atoms with van der Waals surface area (Å²) in [6, 6.07) is 0. The van der Waals surface area contributed by atoms with Gasteiger partial charge >= 0.3 is 0 Å². The van der Waals surface area contributed by atoms with Crippen molar-refractivity contribution >= 4 is 11.6 Å². The number of aliphatic hydroxyl groups is 1. The van der Waals surface area contributed by atoms with Gasteiger partial charge in [-0.15, -0.1) is 0 Å². The minimum atomic E-state index is 0.165. The molecule has 0 aliphatic rings. The van der Waals surface area contributed by atoms with Crippen LogP contribution in [0.25, 0.3) is 0 Å². The summed E-state index contributed by atoms with van der Waals surface area (Å²) >= 11 is 5.21. The Kier molecular flexibility index (Phi) is 3.12. The van der Waals surface area contributed by atoms with E-state index in [-0.39, 0.29) is 10.9 Å². The average Bonchev–Trinajstić information content (AvgIpc) is 1.61. The van der Waals surface area contributed by atoms with E-state index in [1.807, 2.05) is 0 Å². The van der Waals surface area contributed by atoms with Crippen LogP contribution in [0.2, 0.25) is 0 Å². The summed E-state index contributed by atoms with van der Waals surface area (Å²) in [6.07, 6.45) is 2.83. The van der Waals surface area contributed by atoms with Crippen molar-refractivity contribution in [1.82, 2.24) is 0 Å². The molecule has 0 fully saturated rings. The number of hydrogen-bond donors (Lipinski definition) is 2. The van der Waals surface area contributed by atoms with Gasteiger partial charge in [-0.2, -0.15) is 0 Å². The van der Waals surface area contributed by atoms with Crippen molar-refractivity contribution in [3.63, 3.8) is 0 Å². The highest BCUT2D eigenvalue weighted by molar-refractivity contribution is 6.29. The molecular formula is C5H8ClNO. The maximum absolute atomic E-state index is 8.50. The Morgan fingerprint density at radius 3 is 2.25 bits per heavy atom. The summed E-state index contributed by atoms with van der Waals surface area (Å²) in [4.78, 5) is 0. The van der Waals surface area contributed by atoms with Crippen LogP contribution in [0.15, 0.2) is 23.1 Å². The molecule has 0 aromatic heterocycles. The first kappa shape index (κ1) is 7.37. The number of aliphatic hydroxyl groups excluding tert-OH is 1. The van der Waals surface area contributed by atoms with Crippen molar-refractivity contribution in [2.75, 3.05) is 0 Å². The van der Waals surface area contributed by atoms with Crippen LogP contribution in [-0.4, -0.2) is 5.11 Å². The van der Waals surface area contributed by atoms with Gasteiger partial charge < -0.3 is 10.8 Å². The van der Waals surface area contributed by atoms with Crippen molar-refractivity contribution in [3.05, 3.63) is 23.1 Å². The SMILES string of the molecule is C/C(O)=C\C=C(/N)Cl. The van der Waals surface area contributed by atoms with Crippen molar-refractivity contribution in [2.45, 2.75) is 6.92 Å². The molecule has 0 spiro atoms. The van der Waals surface area contributed by atoms with E-state index < -0.39 is 0 Å². The molecule has 46 valence electrons. The third-order valence-electron chi connectivity index (χ3n) is 0.484. The predicted molar refractivity (Wildman–Crippen MR) is 34.5 cm³/mol. The Morgan fingerprint density at radius 1 is 1.62 bits per heavy atom. The Labute approximate surface area is 53.3 Å². The second kappa shape index (κ2) is 3.38. The topological polar surface area (TPSA) is 46.2 Å². The van der Waals surface area contributed by atoms with Crippen LogP contribution >= 0.6 is 11.6 Å². The van der Waals surface area contributed by atoms with Crippen molar-refractivity contribution in [1.29, 1.82) is 0 Å². The van der Waals surface area contributed by atoms with Crippen molar-refractivity contribution in [3.8, 4) is 0 Å². The van der Waals surface area contributed by atoms with Crippen LogP contribution in [0.4, 0.5) is 0 Å². The number of hydrogen-bond acceptors (Lipinski definition) is 2. The second-order valence-electron chi connectivity index (χ2n) is 1.36. The maximum Gasteiger partial charge on any atom is 0.0993 e. The monoisotopic (exact) mass is 133 g/mol. The van der Waals surface area contributed by atoms with Crippen LogP contribution in [-0.2, 0) is 0 Å². The molecule has 0 bridgehead atoms. The number of nitrogens with two attached hydrogens (primary N) is 1. The first-order valence-corrected chi connectivity index (χ1v) is 2.49. The lowest BCUT2D eigenvalue weighted by atomic mass is 10.5. The van der Waals surface area contributed by atoms with E-state index in [0.29, 0.717) is 0 Å². The molecule has 8 heavy (non-hydrogen) atoms.